The minimum atomic E-state index is 0.196. The van der Waals surface area contributed by atoms with Crippen LogP contribution in [0.4, 0.5) is 0 Å². The summed E-state index contributed by atoms with van der Waals surface area (Å²) < 4.78 is 0. The van der Waals surface area contributed by atoms with Gasteiger partial charge in [-0.05, 0) is 30.5 Å². The summed E-state index contributed by atoms with van der Waals surface area (Å²) >= 11 is 5.82. The molecule has 0 spiro atoms. The molecular weight excluding hydrogens is 184 g/mol. The lowest BCUT2D eigenvalue weighted by Gasteiger charge is -2.01. The van der Waals surface area contributed by atoms with Crippen LogP contribution in [0.25, 0.3) is 0 Å². The largest absolute Gasteiger partial charge is 0.396 e. The standard InChI is InChI=1S/C9H11ClO.C2H6/c1-7-6-8(4-5-11)2-3-9(7)10;1-2/h2-3,6,11H,4-5H2,1H3;1-2H3. The maximum atomic E-state index is 8.65. The first-order valence-electron chi connectivity index (χ1n) is 4.60. The van der Waals surface area contributed by atoms with E-state index in [1.54, 1.807) is 0 Å². The third-order valence-corrected chi connectivity index (χ3v) is 2.05. The lowest BCUT2D eigenvalue weighted by atomic mass is 10.1. The first-order chi connectivity index (χ1) is 6.24. The SMILES string of the molecule is CC.Cc1cc(CCO)ccc1Cl. The zero-order valence-corrected chi connectivity index (χ0v) is 9.23. The monoisotopic (exact) mass is 200 g/mol. The molecule has 1 rings (SSSR count). The van der Waals surface area contributed by atoms with Crippen LogP contribution in [0.15, 0.2) is 18.2 Å². The smallest absolute Gasteiger partial charge is 0.0471 e. The van der Waals surface area contributed by atoms with Crippen molar-refractivity contribution < 1.29 is 5.11 Å². The van der Waals surface area contributed by atoms with Crippen LogP contribution in [0.1, 0.15) is 25.0 Å². The van der Waals surface area contributed by atoms with Crippen LogP contribution in [0.5, 0.6) is 0 Å². The van der Waals surface area contributed by atoms with Gasteiger partial charge in [0, 0.05) is 11.6 Å². The first-order valence-corrected chi connectivity index (χ1v) is 4.97. The van der Waals surface area contributed by atoms with Crippen molar-refractivity contribution in [3.8, 4) is 0 Å². The highest BCUT2D eigenvalue weighted by Gasteiger charge is 1.95. The summed E-state index contributed by atoms with van der Waals surface area (Å²) in [5.41, 5.74) is 2.20. The third-order valence-electron chi connectivity index (χ3n) is 1.62. The minimum absolute atomic E-state index is 0.196. The Morgan fingerprint density at radius 3 is 2.38 bits per heavy atom. The minimum Gasteiger partial charge on any atom is -0.396 e. The Balaban J connectivity index is 0.000000671. The summed E-state index contributed by atoms with van der Waals surface area (Å²) in [5.74, 6) is 0. The summed E-state index contributed by atoms with van der Waals surface area (Å²) in [6, 6.07) is 5.80. The Bertz CT molecular complexity index is 246. The maximum absolute atomic E-state index is 8.65. The molecule has 0 radical (unpaired) electrons. The van der Waals surface area contributed by atoms with Gasteiger partial charge in [0.15, 0.2) is 0 Å². The molecular formula is C11H17ClO. The second-order valence-corrected chi connectivity index (χ2v) is 2.96. The molecule has 1 aromatic rings. The van der Waals surface area contributed by atoms with Crippen LogP contribution in [-0.2, 0) is 6.42 Å². The maximum Gasteiger partial charge on any atom is 0.0471 e. The summed E-state index contributed by atoms with van der Waals surface area (Å²) in [6.07, 6.45) is 0.706. The van der Waals surface area contributed by atoms with Gasteiger partial charge in [-0.2, -0.15) is 0 Å². The number of rotatable bonds is 2. The van der Waals surface area contributed by atoms with Crippen LogP contribution < -0.4 is 0 Å². The van der Waals surface area contributed by atoms with Gasteiger partial charge in [-0.25, -0.2) is 0 Å². The van der Waals surface area contributed by atoms with E-state index in [1.165, 1.54) is 0 Å². The molecule has 1 aromatic carbocycles. The molecule has 2 heteroatoms. The Kier molecular flexibility index (Phi) is 6.65. The molecule has 13 heavy (non-hydrogen) atoms. The van der Waals surface area contributed by atoms with E-state index in [0.29, 0.717) is 6.42 Å². The van der Waals surface area contributed by atoms with Gasteiger partial charge in [0.1, 0.15) is 0 Å². The van der Waals surface area contributed by atoms with Gasteiger partial charge in [-0.3, -0.25) is 0 Å². The zero-order valence-electron chi connectivity index (χ0n) is 8.47. The van der Waals surface area contributed by atoms with Crippen molar-refractivity contribution in [1.29, 1.82) is 0 Å². The van der Waals surface area contributed by atoms with Gasteiger partial charge in [-0.1, -0.05) is 37.6 Å². The number of hydrogen-bond acceptors (Lipinski definition) is 1. The fourth-order valence-corrected chi connectivity index (χ4v) is 1.11. The molecule has 1 nitrogen and oxygen atoms in total. The summed E-state index contributed by atoms with van der Waals surface area (Å²) in [5, 5.41) is 9.43. The first kappa shape index (κ1) is 12.5. The van der Waals surface area contributed by atoms with Gasteiger partial charge in [0.05, 0.1) is 0 Å². The van der Waals surface area contributed by atoms with E-state index in [1.807, 2.05) is 39.0 Å². The molecule has 0 fully saturated rings. The molecule has 0 heterocycles. The Labute approximate surface area is 85.4 Å². The fourth-order valence-electron chi connectivity index (χ4n) is 0.991. The van der Waals surface area contributed by atoms with Crippen molar-refractivity contribution in [3.05, 3.63) is 34.3 Å². The van der Waals surface area contributed by atoms with Crippen LogP contribution in [0.3, 0.4) is 0 Å². The number of aliphatic hydroxyl groups excluding tert-OH is 1. The normalized spacial score (nSPS) is 9.00. The van der Waals surface area contributed by atoms with Gasteiger partial charge < -0.3 is 5.11 Å². The topological polar surface area (TPSA) is 20.2 Å². The van der Waals surface area contributed by atoms with E-state index < -0.39 is 0 Å². The highest BCUT2D eigenvalue weighted by Crippen LogP contribution is 2.16. The summed E-state index contributed by atoms with van der Waals surface area (Å²) in [7, 11) is 0. The highest BCUT2D eigenvalue weighted by molar-refractivity contribution is 6.31. The molecule has 74 valence electrons. The van der Waals surface area contributed by atoms with Gasteiger partial charge in [-0.15, -0.1) is 0 Å². The van der Waals surface area contributed by atoms with E-state index >= 15 is 0 Å². The van der Waals surface area contributed by atoms with Gasteiger partial charge >= 0.3 is 0 Å². The van der Waals surface area contributed by atoms with Crippen molar-refractivity contribution in [2.24, 2.45) is 0 Å². The Morgan fingerprint density at radius 1 is 1.31 bits per heavy atom. The second-order valence-electron chi connectivity index (χ2n) is 2.56. The predicted octanol–water partition coefficient (Wildman–Crippen LogP) is 3.21. The number of benzene rings is 1. The molecule has 0 aliphatic rings. The molecule has 0 amide bonds. The van der Waals surface area contributed by atoms with Crippen LogP contribution >= 0.6 is 11.6 Å². The molecule has 0 saturated carbocycles. The second kappa shape index (κ2) is 6.93. The quantitative estimate of drug-likeness (QED) is 0.778. The van der Waals surface area contributed by atoms with Crippen molar-refractivity contribution in [2.45, 2.75) is 27.2 Å². The summed E-state index contributed by atoms with van der Waals surface area (Å²) in [4.78, 5) is 0. The molecule has 0 atom stereocenters. The van der Waals surface area contributed by atoms with Crippen LogP contribution in [0, 0.1) is 6.92 Å². The van der Waals surface area contributed by atoms with E-state index in [0.717, 1.165) is 16.1 Å². The van der Waals surface area contributed by atoms with Gasteiger partial charge in [0.25, 0.3) is 0 Å². The number of aliphatic hydroxyl groups is 1. The fraction of sp³-hybridized carbons (Fsp3) is 0.455. The van der Waals surface area contributed by atoms with Crippen LogP contribution in [-0.4, -0.2) is 11.7 Å². The lowest BCUT2D eigenvalue weighted by Crippen LogP contribution is -1.90. The molecule has 0 aliphatic carbocycles. The average Bonchev–Trinajstić information content (AvgIpc) is 2.15. The number of aryl methyl sites for hydroxylation is 1. The van der Waals surface area contributed by atoms with Crippen molar-refractivity contribution in [2.75, 3.05) is 6.61 Å². The molecule has 0 saturated heterocycles. The molecule has 0 unspecified atom stereocenters. The Morgan fingerprint density at radius 2 is 1.92 bits per heavy atom. The molecule has 0 aromatic heterocycles. The highest BCUT2D eigenvalue weighted by atomic mass is 35.5. The van der Waals surface area contributed by atoms with E-state index in [2.05, 4.69) is 0 Å². The average molecular weight is 201 g/mol. The predicted molar refractivity (Wildman–Crippen MR) is 58.3 cm³/mol. The third kappa shape index (κ3) is 4.30. The molecule has 1 N–H and O–H groups in total. The number of hydrogen-bond donors (Lipinski definition) is 1. The Hall–Kier alpha value is -0.530. The summed E-state index contributed by atoms with van der Waals surface area (Å²) in [6.45, 7) is 6.16. The van der Waals surface area contributed by atoms with Crippen molar-refractivity contribution in [3.63, 3.8) is 0 Å². The lowest BCUT2D eigenvalue weighted by molar-refractivity contribution is 0.299. The van der Waals surface area contributed by atoms with Gasteiger partial charge in [0.2, 0.25) is 0 Å². The van der Waals surface area contributed by atoms with E-state index in [-0.39, 0.29) is 6.61 Å². The van der Waals surface area contributed by atoms with Crippen molar-refractivity contribution in [1.82, 2.24) is 0 Å². The van der Waals surface area contributed by atoms with E-state index in [4.69, 9.17) is 16.7 Å². The van der Waals surface area contributed by atoms with Crippen molar-refractivity contribution >= 4 is 11.6 Å². The molecule has 0 aliphatic heterocycles. The number of halogens is 1. The van der Waals surface area contributed by atoms with Crippen LogP contribution in [0.2, 0.25) is 5.02 Å². The van der Waals surface area contributed by atoms with E-state index in [9.17, 15) is 0 Å². The molecule has 0 bridgehead atoms. The zero-order chi connectivity index (χ0) is 10.3.